The number of rotatable bonds is 5. The normalized spacial score (nSPS) is 11.0. The number of halogens is 1. The molecule has 0 unspecified atom stereocenters. The van der Waals surface area contributed by atoms with E-state index in [1.165, 1.54) is 0 Å². The van der Waals surface area contributed by atoms with E-state index in [1.54, 1.807) is 29.9 Å². The van der Waals surface area contributed by atoms with Crippen molar-refractivity contribution < 1.29 is 9.18 Å². The third kappa shape index (κ3) is 2.80. The molecule has 0 radical (unpaired) electrons. The van der Waals surface area contributed by atoms with Crippen LogP contribution in [0.3, 0.4) is 0 Å². The molecule has 3 heterocycles. The van der Waals surface area contributed by atoms with E-state index in [1.807, 2.05) is 18.2 Å². The molecule has 3 aromatic heterocycles. The van der Waals surface area contributed by atoms with Gasteiger partial charge < -0.3 is 5.32 Å². The van der Waals surface area contributed by atoms with Gasteiger partial charge in [-0.3, -0.25) is 9.89 Å². The molecule has 7 nitrogen and oxygen atoms in total. The third-order valence-electron chi connectivity index (χ3n) is 4.28. The molecular weight excluding hydrogens is 367 g/mol. The lowest BCUT2D eigenvalue weighted by atomic mass is 9.97. The standard InChI is InChI=1S/C18H13FN6OS/c1-10-15(11-2-4-25-12(6-11)7-14(24-25)21-9-26)13-8-22-23-17(13)18(16(10)19)27-5-3-20/h2,4,6-9H,5H2,1H3,(H,22,23)(H,21,24,26). The third-order valence-corrected chi connectivity index (χ3v) is 5.22. The molecule has 0 bridgehead atoms. The fraction of sp³-hybridized carbons (Fsp3) is 0.111. The van der Waals surface area contributed by atoms with Gasteiger partial charge in [-0.15, -0.1) is 11.8 Å². The molecule has 0 fully saturated rings. The predicted octanol–water partition coefficient (Wildman–Crippen LogP) is 3.51. The summed E-state index contributed by atoms with van der Waals surface area (Å²) < 4.78 is 16.7. The van der Waals surface area contributed by atoms with E-state index < -0.39 is 0 Å². The maximum atomic E-state index is 15.1. The van der Waals surface area contributed by atoms with Crippen molar-refractivity contribution in [3.05, 3.63) is 42.0 Å². The lowest BCUT2D eigenvalue weighted by Crippen LogP contribution is -1.96. The molecular formula is C18H13FN6OS. The second-order valence-electron chi connectivity index (χ2n) is 5.83. The molecule has 9 heteroatoms. The summed E-state index contributed by atoms with van der Waals surface area (Å²) in [6.07, 6.45) is 3.98. The van der Waals surface area contributed by atoms with Crippen LogP contribution < -0.4 is 5.32 Å². The van der Waals surface area contributed by atoms with Crippen LogP contribution in [0.15, 0.2) is 35.5 Å². The number of amides is 1. The van der Waals surface area contributed by atoms with Crippen molar-refractivity contribution in [1.82, 2.24) is 19.8 Å². The van der Waals surface area contributed by atoms with E-state index in [0.717, 1.165) is 33.8 Å². The number of nitriles is 1. The zero-order valence-corrected chi connectivity index (χ0v) is 15.0. The van der Waals surface area contributed by atoms with E-state index in [2.05, 4.69) is 20.6 Å². The van der Waals surface area contributed by atoms with Crippen molar-refractivity contribution in [2.45, 2.75) is 11.8 Å². The number of aromatic nitrogens is 4. The molecule has 134 valence electrons. The number of fused-ring (bicyclic) bond motifs is 2. The molecule has 0 spiro atoms. The number of hydrogen-bond acceptors (Lipinski definition) is 5. The van der Waals surface area contributed by atoms with Gasteiger partial charge in [0.1, 0.15) is 5.82 Å². The van der Waals surface area contributed by atoms with Gasteiger partial charge in [-0.05, 0) is 35.7 Å². The highest BCUT2D eigenvalue weighted by molar-refractivity contribution is 7.99. The highest BCUT2D eigenvalue weighted by atomic mass is 32.2. The van der Waals surface area contributed by atoms with Gasteiger partial charge in [-0.25, -0.2) is 8.91 Å². The Balaban J connectivity index is 1.92. The van der Waals surface area contributed by atoms with Crippen molar-refractivity contribution in [1.29, 1.82) is 5.26 Å². The molecule has 1 amide bonds. The molecule has 0 aliphatic heterocycles. The zero-order valence-electron chi connectivity index (χ0n) is 14.2. The van der Waals surface area contributed by atoms with Crippen molar-refractivity contribution in [3.63, 3.8) is 0 Å². The van der Waals surface area contributed by atoms with E-state index in [9.17, 15) is 4.79 Å². The number of nitrogens with one attached hydrogen (secondary N) is 2. The van der Waals surface area contributed by atoms with Crippen LogP contribution in [0.25, 0.3) is 27.5 Å². The van der Waals surface area contributed by atoms with Crippen molar-refractivity contribution >= 4 is 40.4 Å². The number of benzene rings is 1. The topological polar surface area (TPSA) is 98.9 Å². The molecule has 1 aromatic carbocycles. The fourth-order valence-corrected chi connectivity index (χ4v) is 3.92. The van der Waals surface area contributed by atoms with Crippen LogP contribution in [0.5, 0.6) is 0 Å². The highest BCUT2D eigenvalue weighted by Gasteiger charge is 2.20. The van der Waals surface area contributed by atoms with Crippen molar-refractivity contribution in [2.75, 3.05) is 11.1 Å². The second-order valence-corrected chi connectivity index (χ2v) is 6.81. The Bertz CT molecular complexity index is 1220. The number of hydrogen-bond donors (Lipinski definition) is 2. The summed E-state index contributed by atoms with van der Waals surface area (Å²) in [4.78, 5) is 11.0. The number of nitrogens with zero attached hydrogens (tertiary/aromatic N) is 4. The Kier molecular flexibility index (Phi) is 4.25. The largest absolute Gasteiger partial charge is 0.312 e. The van der Waals surface area contributed by atoms with Crippen LogP contribution >= 0.6 is 11.8 Å². The number of H-pyrrole nitrogens is 1. The Morgan fingerprint density at radius 2 is 2.33 bits per heavy atom. The second kappa shape index (κ2) is 6.74. The van der Waals surface area contributed by atoms with Gasteiger partial charge in [0.25, 0.3) is 0 Å². The number of carbonyl (C=O) groups is 1. The van der Waals surface area contributed by atoms with Gasteiger partial charge in [0.15, 0.2) is 5.82 Å². The van der Waals surface area contributed by atoms with Gasteiger partial charge >= 0.3 is 0 Å². The Hall–Kier alpha value is -3.38. The Morgan fingerprint density at radius 1 is 1.48 bits per heavy atom. The van der Waals surface area contributed by atoms with Crippen LogP contribution in [0.2, 0.25) is 0 Å². The minimum Gasteiger partial charge on any atom is -0.312 e. The van der Waals surface area contributed by atoms with E-state index in [4.69, 9.17) is 5.26 Å². The number of anilines is 1. The van der Waals surface area contributed by atoms with Gasteiger partial charge in [-0.2, -0.15) is 15.5 Å². The number of thioether (sulfide) groups is 1. The summed E-state index contributed by atoms with van der Waals surface area (Å²) in [5.74, 6) is 0.221. The lowest BCUT2D eigenvalue weighted by molar-refractivity contribution is -0.105. The number of carbonyl (C=O) groups excluding carboxylic acids is 1. The first-order valence-corrected chi connectivity index (χ1v) is 8.97. The minimum atomic E-state index is -0.362. The molecule has 2 N–H and O–H groups in total. The average Bonchev–Trinajstić information content (AvgIpc) is 3.28. The van der Waals surface area contributed by atoms with Crippen LogP contribution in [0.1, 0.15) is 5.56 Å². The van der Waals surface area contributed by atoms with E-state index in [-0.39, 0.29) is 11.6 Å². The first kappa shape index (κ1) is 17.1. The summed E-state index contributed by atoms with van der Waals surface area (Å²) >= 11 is 1.15. The quantitative estimate of drug-likeness (QED) is 0.408. The van der Waals surface area contributed by atoms with E-state index >= 15 is 4.39 Å². The monoisotopic (exact) mass is 380 g/mol. The molecule has 0 atom stereocenters. The molecule has 27 heavy (non-hydrogen) atoms. The van der Waals surface area contributed by atoms with Gasteiger partial charge in [0.2, 0.25) is 6.41 Å². The summed E-state index contributed by atoms with van der Waals surface area (Å²) in [7, 11) is 0. The summed E-state index contributed by atoms with van der Waals surface area (Å²) in [6.45, 7) is 1.72. The molecule has 0 saturated carbocycles. The molecule has 0 saturated heterocycles. The Labute approximate surface area is 157 Å². The molecule has 0 aliphatic rings. The molecule has 4 aromatic rings. The molecule has 4 rings (SSSR count). The highest BCUT2D eigenvalue weighted by Crippen LogP contribution is 2.39. The van der Waals surface area contributed by atoms with Gasteiger partial charge in [-0.1, -0.05) is 0 Å². The summed E-state index contributed by atoms with van der Waals surface area (Å²) in [5, 5.41) is 23.3. The lowest BCUT2D eigenvalue weighted by Gasteiger charge is -2.13. The smallest absolute Gasteiger partial charge is 0.212 e. The fourth-order valence-electron chi connectivity index (χ4n) is 3.13. The Morgan fingerprint density at radius 3 is 3.11 bits per heavy atom. The minimum absolute atomic E-state index is 0.151. The maximum Gasteiger partial charge on any atom is 0.212 e. The van der Waals surface area contributed by atoms with Crippen LogP contribution in [0.4, 0.5) is 10.2 Å². The SMILES string of the molecule is Cc1c(F)c(SCC#N)c2[nH]ncc2c1-c1ccn2nc(NC=O)cc2c1. The van der Waals surface area contributed by atoms with Crippen LogP contribution in [-0.4, -0.2) is 32.0 Å². The van der Waals surface area contributed by atoms with Crippen molar-refractivity contribution in [2.24, 2.45) is 0 Å². The summed E-state index contributed by atoms with van der Waals surface area (Å²) in [6, 6.07) is 7.46. The van der Waals surface area contributed by atoms with E-state index in [0.29, 0.717) is 28.2 Å². The maximum absolute atomic E-state index is 15.1. The van der Waals surface area contributed by atoms with Crippen LogP contribution in [0, 0.1) is 24.1 Å². The van der Waals surface area contributed by atoms with Crippen molar-refractivity contribution in [3.8, 4) is 17.2 Å². The zero-order chi connectivity index (χ0) is 19.0. The van der Waals surface area contributed by atoms with Gasteiger partial charge in [0, 0.05) is 17.6 Å². The molecule has 0 aliphatic carbocycles. The predicted molar refractivity (Wildman–Crippen MR) is 101 cm³/mol. The first-order valence-electron chi connectivity index (χ1n) is 7.99. The van der Waals surface area contributed by atoms with Crippen LogP contribution in [-0.2, 0) is 4.79 Å². The average molecular weight is 380 g/mol. The first-order chi connectivity index (χ1) is 13.1. The van der Waals surface area contributed by atoms with Gasteiger partial charge in [0.05, 0.1) is 33.9 Å². The number of pyridine rings is 1. The summed E-state index contributed by atoms with van der Waals surface area (Å²) in [5.41, 5.74) is 3.35. The number of aromatic amines is 1.